The molecule has 10 nitrogen and oxygen atoms in total. The van der Waals surface area contributed by atoms with Crippen molar-refractivity contribution in [3.8, 4) is 0 Å². The van der Waals surface area contributed by atoms with Crippen molar-refractivity contribution in [2.45, 2.75) is 38.1 Å². The highest BCUT2D eigenvalue weighted by molar-refractivity contribution is 7.85. The Morgan fingerprint density at radius 1 is 0.711 bits per heavy atom. The molecule has 4 aromatic rings. The van der Waals surface area contributed by atoms with Crippen LogP contribution < -0.4 is 4.90 Å². The third kappa shape index (κ3) is 6.09. The largest absolute Gasteiger partial charge is 0.374 e. The van der Waals surface area contributed by atoms with Crippen LogP contribution in [0.3, 0.4) is 0 Å². The van der Waals surface area contributed by atoms with Crippen molar-refractivity contribution in [1.82, 2.24) is 0 Å². The summed E-state index contributed by atoms with van der Waals surface area (Å²) in [7, 11) is -4.44. The second-order valence-electron chi connectivity index (χ2n) is 8.66. The first-order chi connectivity index (χ1) is 18.0. The van der Waals surface area contributed by atoms with Crippen LogP contribution in [0.4, 0.5) is 28.4 Å². The van der Waals surface area contributed by atoms with Gasteiger partial charge in [0.25, 0.3) is 10.1 Å². The Morgan fingerprint density at radius 2 is 1.29 bits per heavy atom. The summed E-state index contributed by atoms with van der Waals surface area (Å²) in [6, 6.07) is 21.8. The van der Waals surface area contributed by atoms with Crippen LogP contribution in [0.25, 0.3) is 10.8 Å². The first-order valence-electron chi connectivity index (χ1n) is 11.7. The third-order valence-electron chi connectivity index (χ3n) is 5.85. The van der Waals surface area contributed by atoms with Crippen molar-refractivity contribution in [2.24, 2.45) is 20.5 Å². The van der Waals surface area contributed by atoms with Gasteiger partial charge in [-0.05, 0) is 80.9 Å². The maximum atomic E-state index is 11.8. The second kappa shape index (κ2) is 11.2. The summed E-state index contributed by atoms with van der Waals surface area (Å²) in [6.45, 7) is 5.03. The number of azo groups is 2. The summed E-state index contributed by atoms with van der Waals surface area (Å²) in [6.07, 6.45) is -1.77. The van der Waals surface area contributed by atoms with Crippen LogP contribution in [0.1, 0.15) is 19.4 Å². The molecule has 2 atom stereocenters. The minimum absolute atomic E-state index is 0.275. The first-order valence-corrected chi connectivity index (χ1v) is 13.2. The number of benzene rings is 4. The molecule has 3 N–H and O–H groups in total. The molecule has 196 valence electrons. The molecule has 38 heavy (non-hydrogen) atoms. The minimum Gasteiger partial charge on any atom is -0.374 e. The van der Waals surface area contributed by atoms with Crippen LogP contribution in [-0.2, 0) is 10.1 Å². The van der Waals surface area contributed by atoms with Gasteiger partial charge >= 0.3 is 0 Å². The maximum Gasteiger partial charge on any atom is 0.294 e. The lowest BCUT2D eigenvalue weighted by Gasteiger charge is -2.30. The monoisotopic (exact) mass is 533 g/mol. The fraction of sp³-hybridized carbons (Fsp3) is 0.185. The van der Waals surface area contributed by atoms with Gasteiger partial charge in [0.2, 0.25) is 0 Å². The molecule has 0 heterocycles. The Morgan fingerprint density at radius 3 is 1.89 bits per heavy atom. The van der Waals surface area contributed by atoms with Crippen molar-refractivity contribution >= 4 is 49.3 Å². The third-order valence-corrected chi connectivity index (χ3v) is 6.70. The zero-order valence-corrected chi connectivity index (χ0v) is 21.8. The summed E-state index contributed by atoms with van der Waals surface area (Å²) in [5.74, 6) is 0. The molecule has 0 spiro atoms. The summed E-state index contributed by atoms with van der Waals surface area (Å²) in [4.78, 5) is 1.16. The van der Waals surface area contributed by atoms with Crippen molar-refractivity contribution < 1.29 is 23.2 Å². The molecule has 0 aliphatic carbocycles. The van der Waals surface area contributed by atoms with Gasteiger partial charge in [-0.25, -0.2) is 0 Å². The van der Waals surface area contributed by atoms with Gasteiger partial charge in [0, 0.05) is 16.5 Å². The average Bonchev–Trinajstić information content (AvgIpc) is 2.87. The molecule has 4 rings (SSSR count). The highest BCUT2D eigenvalue weighted by Crippen LogP contribution is 2.37. The van der Waals surface area contributed by atoms with Crippen molar-refractivity contribution in [1.29, 1.82) is 0 Å². The molecule has 2 unspecified atom stereocenters. The van der Waals surface area contributed by atoms with Gasteiger partial charge in [-0.1, -0.05) is 24.3 Å². The van der Waals surface area contributed by atoms with Crippen LogP contribution in [0.5, 0.6) is 0 Å². The Bertz CT molecular complexity index is 1610. The molecular formula is C27H27N5O5S. The van der Waals surface area contributed by atoms with Crippen molar-refractivity contribution in [2.75, 3.05) is 4.90 Å². The smallest absolute Gasteiger partial charge is 0.294 e. The molecule has 0 saturated carbocycles. The van der Waals surface area contributed by atoms with E-state index in [9.17, 15) is 23.2 Å². The molecule has 0 aliphatic rings. The molecule has 0 aromatic heterocycles. The number of fused-ring (bicyclic) bond motifs is 1. The molecule has 0 amide bonds. The van der Waals surface area contributed by atoms with Crippen LogP contribution in [0, 0.1) is 6.92 Å². The molecule has 0 fully saturated rings. The van der Waals surface area contributed by atoms with E-state index in [1.54, 1.807) is 50.2 Å². The maximum absolute atomic E-state index is 11.8. The first kappa shape index (κ1) is 27.0. The number of rotatable bonds is 8. The van der Waals surface area contributed by atoms with Gasteiger partial charge in [-0.15, -0.1) is 10.2 Å². The molecule has 0 saturated heterocycles. The van der Waals surface area contributed by atoms with E-state index < -0.39 is 22.6 Å². The number of nitrogens with zero attached hydrogens (tertiary/aromatic N) is 5. The number of aryl methyl sites for hydroxylation is 1. The zero-order chi connectivity index (χ0) is 27.4. The summed E-state index contributed by atoms with van der Waals surface area (Å²) in [5, 5.41) is 38.1. The van der Waals surface area contributed by atoms with E-state index in [4.69, 9.17) is 0 Å². The predicted octanol–water partition coefficient (Wildman–Crippen LogP) is 6.71. The Hall–Kier alpha value is -4.03. The number of aliphatic hydroxyl groups is 2. The molecule has 11 heteroatoms. The van der Waals surface area contributed by atoms with E-state index in [1.807, 2.05) is 31.2 Å². The summed E-state index contributed by atoms with van der Waals surface area (Å²) >= 11 is 0. The van der Waals surface area contributed by atoms with E-state index in [-0.39, 0.29) is 4.90 Å². The lowest BCUT2D eigenvalue weighted by atomic mass is 10.1. The van der Waals surface area contributed by atoms with E-state index in [0.29, 0.717) is 39.2 Å². The van der Waals surface area contributed by atoms with Gasteiger partial charge < -0.3 is 15.1 Å². The van der Waals surface area contributed by atoms with Crippen LogP contribution in [-0.4, -0.2) is 35.6 Å². The molecule has 0 radical (unpaired) electrons. The second-order valence-corrected chi connectivity index (χ2v) is 10.1. The quantitative estimate of drug-likeness (QED) is 0.130. The summed E-state index contributed by atoms with van der Waals surface area (Å²) < 4.78 is 33.2. The predicted molar refractivity (Wildman–Crippen MR) is 146 cm³/mol. The normalized spacial score (nSPS) is 13.8. The van der Waals surface area contributed by atoms with E-state index >= 15 is 0 Å². The van der Waals surface area contributed by atoms with E-state index in [0.717, 1.165) is 5.56 Å². The van der Waals surface area contributed by atoms with Gasteiger partial charge in [-0.3, -0.25) is 4.55 Å². The van der Waals surface area contributed by atoms with E-state index in [1.165, 1.54) is 23.1 Å². The minimum atomic E-state index is -4.44. The zero-order valence-electron chi connectivity index (χ0n) is 21.0. The standard InChI is InChI=1S/C27H27N5O5S/c1-17-6-4-5-7-25(17)29-31-27-15-14-26(23-13-12-22(16-24(23)27)38(35,36)37)30-28-20-8-10-21(11-9-20)32(18(2)33)19(3)34/h4-16,18-19,33-34H,1-3H3,(H,35,36,37). The SMILES string of the molecule is Cc1ccccc1N=Nc1ccc(N=Nc2ccc(N(C(C)O)C(C)O)cc2)c2ccc(S(=O)(=O)O)cc12. The fourth-order valence-corrected chi connectivity index (χ4v) is 4.47. The van der Waals surface area contributed by atoms with Crippen molar-refractivity contribution in [3.05, 3.63) is 84.4 Å². The van der Waals surface area contributed by atoms with Gasteiger partial charge in [0.1, 0.15) is 12.5 Å². The lowest BCUT2D eigenvalue weighted by Crippen LogP contribution is -2.40. The van der Waals surface area contributed by atoms with Gasteiger partial charge in [0.05, 0.1) is 27.6 Å². The van der Waals surface area contributed by atoms with E-state index in [2.05, 4.69) is 20.5 Å². The molecule has 4 aromatic carbocycles. The fourth-order valence-electron chi connectivity index (χ4n) is 3.96. The van der Waals surface area contributed by atoms with Crippen molar-refractivity contribution in [3.63, 3.8) is 0 Å². The van der Waals surface area contributed by atoms with Crippen LogP contribution in [0.2, 0.25) is 0 Å². The molecule has 0 bridgehead atoms. The van der Waals surface area contributed by atoms with Gasteiger partial charge in [0.15, 0.2) is 0 Å². The molecule has 0 aliphatic heterocycles. The highest BCUT2D eigenvalue weighted by atomic mass is 32.2. The molecular weight excluding hydrogens is 506 g/mol. The van der Waals surface area contributed by atoms with Crippen LogP contribution >= 0.6 is 0 Å². The topological polar surface area (TPSA) is 148 Å². The Balaban J connectivity index is 1.72. The number of hydrogen-bond acceptors (Lipinski definition) is 9. The highest BCUT2D eigenvalue weighted by Gasteiger charge is 2.17. The summed E-state index contributed by atoms with van der Waals surface area (Å²) in [5.41, 5.74) is 3.59. The Labute approximate surface area is 220 Å². The van der Waals surface area contributed by atoms with Crippen LogP contribution in [0.15, 0.2) is 104 Å². The number of aliphatic hydroxyl groups excluding tert-OH is 2. The number of hydrogen-bond donors (Lipinski definition) is 3. The average molecular weight is 534 g/mol. The van der Waals surface area contributed by atoms with Gasteiger partial charge in [-0.2, -0.15) is 18.6 Å². The Kier molecular flexibility index (Phi) is 7.93. The number of anilines is 1. The lowest BCUT2D eigenvalue weighted by molar-refractivity contribution is 0.105.